The number of hydrogen-bond acceptors (Lipinski definition) is 3. The van der Waals surface area contributed by atoms with Crippen molar-refractivity contribution in [1.29, 1.82) is 0 Å². The molecule has 22 heavy (non-hydrogen) atoms. The van der Waals surface area contributed by atoms with Gasteiger partial charge in [0.1, 0.15) is 5.70 Å². The van der Waals surface area contributed by atoms with Crippen LogP contribution in [0, 0.1) is 11.6 Å². The lowest BCUT2D eigenvalue weighted by molar-refractivity contribution is -0.140. The van der Waals surface area contributed by atoms with Gasteiger partial charge in [0.2, 0.25) is 0 Å². The van der Waals surface area contributed by atoms with Crippen molar-refractivity contribution in [2.75, 3.05) is 6.61 Å². The molecule has 1 aliphatic rings. The number of benzene rings is 1. The number of carbonyl (C=O) groups is 2. The van der Waals surface area contributed by atoms with Gasteiger partial charge >= 0.3 is 5.97 Å². The minimum atomic E-state index is -1.19. The summed E-state index contributed by atoms with van der Waals surface area (Å²) < 4.78 is 31.3. The van der Waals surface area contributed by atoms with Crippen molar-refractivity contribution in [1.82, 2.24) is 4.90 Å². The van der Waals surface area contributed by atoms with E-state index in [-0.39, 0.29) is 28.9 Å². The summed E-state index contributed by atoms with van der Waals surface area (Å²) in [6.07, 6.45) is 1.37. The molecule has 7 heteroatoms. The summed E-state index contributed by atoms with van der Waals surface area (Å²) in [5, 5.41) is -0.230. The van der Waals surface area contributed by atoms with Gasteiger partial charge in [0, 0.05) is 6.04 Å². The minimum absolute atomic E-state index is 0.135. The summed E-state index contributed by atoms with van der Waals surface area (Å²) in [5.74, 6) is -3.78. The Morgan fingerprint density at radius 3 is 2.50 bits per heavy atom. The second-order valence-electron chi connectivity index (χ2n) is 4.82. The average molecular weight is 330 g/mol. The third kappa shape index (κ3) is 3.27. The lowest BCUT2D eigenvalue weighted by atomic mass is 10.1. The predicted octanol–water partition coefficient (Wildman–Crippen LogP) is 3.30. The number of hydrogen-bond donors (Lipinski definition) is 0. The minimum Gasteiger partial charge on any atom is -0.461 e. The maximum atomic E-state index is 13.4. The van der Waals surface area contributed by atoms with E-state index < -0.39 is 23.5 Å². The average Bonchev–Trinajstić information content (AvgIpc) is 3.27. The number of halogens is 3. The van der Waals surface area contributed by atoms with Crippen LogP contribution in [-0.2, 0) is 9.53 Å². The fourth-order valence-corrected chi connectivity index (χ4v) is 2.20. The second kappa shape index (κ2) is 6.44. The van der Waals surface area contributed by atoms with E-state index in [4.69, 9.17) is 16.3 Å². The third-order valence-electron chi connectivity index (χ3n) is 3.17. The van der Waals surface area contributed by atoms with Crippen molar-refractivity contribution in [2.24, 2.45) is 0 Å². The number of rotatable bonds is 5. The molecule has 0 aliphatic heterocycles. The van der Waals surface area contributed by atoms with Gasteiger partial charge in [0.05, 0.1) is 17.2 Å². The molecule has 1 saturated carbocycles. The largest absolute Gasteiger partial charge is 0.461 e. The molecule has 1 fully saturated rings. The van der Waals surface area contributed by atoms with Gasteiger partial charge < -0.3 is 4.74 Å². The molecule has 0 heterocycles. The molecular formula is C15H14ClF2NO3. The Labute approximate surface area is 131 Å². The van der Waals surface area contributed by atoms with Crippen LogP contribution < -0.4 is 0 Å². The van der Waals surface area contributed by atoms with E-state index in [2.05, 4.69) is 6.58 Å². The van der Waals surface area contributed by atoms with Crippen molar-refractivity contribution in [3.05, 3.63) is 46.6 Å². The van der Waals surface area contributed by atoms with E-state index in [1.807, 2.05) is 0 Å². The van der Waals surface area contributed by atoms with Crippen molar-refractivity contribution in [2.45, 2.75) is 25.8 Å². The molecule has 1 aromatic carbocycles. The standard InChI is InChI=1S/C15H14ClF2NO3/c1-3-22-15(21)8(2)19(9-4-5-9)14(20)10-6-12(17)13(18)7-11(10)16/h6-7,9H,2-5H2,1H3. The van der Waals surface area contributed by atoms with E-state index in [1.54, 1.807) is 6.92 Å². The zero-order valence-electron chi connectivity index (χ0n) is 11.9. The van der Waals surface area contributed by atoms with Crippen LogP contribution >= 0.6 is 11.6 Å². The number of carbonyl (C=O) groups excluding carboxylic acids is 2. The molecule has 0 N–H and O–H groups in total. The maximum absolute atomic E-state index is 13.4. The van der Waals surface area contributed by atoms with E-state index in [1.165, 1.54) is 0 Å². The first-order valence-corrected chi connectivity index (χ1v) is 7.08. The van der Waals surface area contributed by atoms with Gasteiger partial charge in [-0.1, -0.05) is 18.2 Å². The lowest BCUT2D eigenvalue weighted by Crippen LogP contribution is -2.36. The van der Waals surface area contributed by atoms with Crippen LogP contribution in [-0.4, -0.2) is 29.4 Å². The van der Waals surface area contributed by atoms with Crippen molar-refractivity contribution in [3.63, 3.8) is 0 Å². The molecule has 1 aromatic rings. The van der Waals surface area contributed by atoms with Crippen molar-refractivity contribution in [3.8, 4) is 0 Å². The van der Waals surface area contributed by atoms with Crippen LogP contribution in [0.3, 0.4) is 0 Å². The highest BCUT2D eigenvalue weighted by Crippen LogP contribution is 2.33. The first kappa shape index (κ1) is 16.4. The maximum Gasteiger partial charge on any atom is 0.354 e. The first-order chi connectivity index (χ1) is 10.4. The van der Waals surface area contributed by atoms with Gasteiger partial charge in [-0.25, -0.2) is 13.6 Å². The summed E-state index contributed by atoms with van der Waals surface area (Å²) in [5.41, 5.74) is -0.368. The highest BCUT2D eigenvalue weighted by Gasteiger charge is 2.38. The monoisotopic (exact) mass is 329 g/mol. The Hall–Kier alpha value is -1.95. The lowest BCUT2D eigenvalue weighted by Gasteiger charge is -2.23. The van der Waals surface area contributed by atoms with Crippen LogP contribution in [0.15, 0.2) is 24.4 Å². The van der Waals surface area contributed by atoms with E-state index >= 15 is 0 Å². The fraction of sp³-hybridized carbons (Fsp3) is 0.333. The second-order valence-corrected chi connectivity index (χ2v) is 5.23. The Morgan fingerprint density at radius 1 is 1.36 bits per heavy atom. The summed E-state index contributed by atoms with van der Waals surface area (Å²) in [4.78, 5) is 25.5. The molecule has 118 valence electrons. The van der Waals surface area contributed by atoms with Gasteiger partial charge in [-0.2, -0.15) is 0 Å². The van der Waals surface area contributed by atoms with Gasteiger partial charge in [0.25, 0.3) is 5.91 Å². The molecule has 2 rings (SSSR count). The summed E-state index contributed by atoms with van der Waals surface area (Å²) in [6, 6.07) is 1.23. The molecule has 0 saturated heterocycles. The Balaban J connectivity index is 2.33. The molecule has 1 aliphatic carbocycles. The van der Waals surface area contributed by atoms with Crippen LogP contribution in [0.1, 0.15) is 30.1 Å². The predicted molar refractivity (Wildman–Crippen MR) is 76.3 cm³/mol. The topological polar surface area (TPSA) is 46.6 Å². The quantitative estimate of drug-likeness (QED) is 0.473. The molecule has 0 unspecified atom stereocenters. The molecule has 4 nitrogen and oxygen atoms in total. The number of esters is 1. The molecule has 0 spiro atoms. The summed E-state index contributed by atoms with van der Waals surface area (Å²) in [6.45, 7) is 5.33. The Morgan fingerprint density at radius 2 is 1.95 bits per heavy atom. The van der Waals surface area contributed by atoms with Crippen LogP contribution in [0.2, 0.25) is 5.02 Å². The van der Waals surface area contributed by atoms with Crippen LogP contribution in [0.5, 0.6) is 0 Å². The molecule has 1 amide bonds. The van der Waals surface area contributed by atoms with Crippen molar-refractivity contribution < 1.29 is 23.1 Å². The normalized spacial score (nSPS) is 13.6. The van der Waals surface area contributed by atoms with Crippen LogP contribution in [0.4, 0.5) is 8.78 Å². The van der Waals surface area contributed by atoms with Gasteiger partial charge in [0.15, 0.2) is 11.6 Å². The van der Waals surface area contributed by atoms with E-state index in [9.17, 15) is 18.4 Å². The zero-order chi connectivity index (χ0) is 16.4. The first-order valence-electron chi connectivity index (χ1n) is 6.71. The van der Waals surface area contributed by atoms with E-state index in [0.29, 0.717) is 18.9 Å². The van der Waals surface area contributed by atoms with Crippen molar-refractivity contribution >= 4 is 23.5 Å². The molecule has 0 bridgehead atoms. The van der Waals surface area contributed by atoms with E-state index in [0.717, 1.165) is 11.0 Å². The van der Waals surface area contributed by atoms with Crippen LogP contribution in [0.25, 0.3) is 0 Å². The Bertz CT molecular complexity index is 644. The summed E-state index contributed by atoms with van der Waals surface area (Å²) >= 11 is 5.81. The number of ether oxygens (including phenoxy) is 1. The molecule has 0 atom stereocenters. The smallest absolute Gasteiger partial charge is 0.354 e. The molecular weight excluding hydrogens is 316 g/mol. The zero-order valence-corrected chi connectivity index (χ0v) is 12.6. The molecule has 0 radical (unpaired) electrons. The molecule has 0 aromatic heterocycles. The van der Waals surface area contributed by atoms with Gasteiger partial charge in [-0.3, -0.25) is 9.69 Å². The fourth-order valence-electron chi connectivity index (χ4n) is 1.97. The number of amides is 1. The number of nitrogens with zero attached hydrogens (tertiary/aromatic N) is 1. The SMILES string of the molecule is C=C(C(=O)OCC)N(C(=O)c1cc(F)c(F)cc1Cl)C1CC1. The Kier molecular flexibility index (Phi) is 4.81. The summed E-state index contributed by atoms with van der Waals surface area (Å²) in [7, 11) is 0. The highest BCUT2D eigenvalue weighted by atomic mass is 35.5. The van der Waals surface area contributed by atoms with Gasteiger partial charge in [-0.15, -0.1) is 0 Å². The van der Waals surface area contributed by atoms with Gasteiger partial charge in [-0.05, 0) is 31.9 Å². The highest BCUT2D eigenvalue weighted by molar-refractivity contribution is 6.34. The third-order valence-corrected chi connectivity index (χ3v) is 3.49.